The zero-order valence-corrected chi connectivity index (χ0v) is 7.44. The predicted octanol–water partition coefficient (Wildman–Crippen LogP) is -0.147. The fourth-order valence-corrected chi connectivity index (χ4v) is 0.371. The molecule has 0 rings (SSSR count). The van der Waals surface area contributed by atoms with E-state index in [4.69, 9.17) is 10.2 Å². The van der Waals surface area contributed by atoms with Gasteiger partial charge in [0.1, 0.15) is 0 Å². The molecule has 0 aromatic carbocycles. The van der Waals surface area contributed by atoms with Gasteiger partial charge in [-0.3, -0.25) is 10.1 Å². The van der Waals surface area contributed by atoms with E-state index in [-0.39, 0.29) is 25.6 Å². The molecule has 0 amide bonds. The van der Waals surface area contributed by atoms with E-state index in [9.17, 15) is 4.79 Å². The molecule has 0 aromatic heterocycles. The van der Waals surface area contributed by atoms with Crippen LogP contribution in [0.25, 0.3) is 0 Å². The van der Waals surface area contributed by atoms with Crippen molar-refractivity contribution in [3.8, 4) is 0 Å². The molecule has 0 heterocycles. The summed E-state index contributed by atoms with van der Waals surface area (Å²) in [7, 11) is 0. The van der Waals surface area contributed by atoms with Crippen LogP contribution in [0.1, 0.15) is 13.8 Å². The molecule has 0 aliphatic heterocycles. The number of nitrogens with one attached hydrogen (secondary N) is 1. The Morgan fingerprint density at radius 3 is 2.27 bits per heavy atom. The lowest BCUT2D eigenvalue weighted by atomic mass is 10.1. The molecule has 4 nitrogen and oxygen atoms in total. The molecule has 5 heteroatoms. The summed E-state index contributed by atoms with van der Waals surface area (Å²) in [6, 6.07) is 0. The standard InChI is InChI=1S/C6H13NO3.ClH/c1-6(2,4-8)7-3-5(9)10;/h7-8H,3-4H2,1-2H3,(H,9,10);1H. The van der Waals surface area contributed by atoms with Crippen LogP contribution in [0.4, 0.5) is 0 Å². The van der Waals surface area contributed by atoms with E-state index in [2.05, 4.69) is 5.32 Å². The molecule has 0 unspecified atom stereocenters. The van der Waals surface area contributed by atoms with Gasteiger partial charge < -0.3 is 10.2 Å². The van der Waals surface area contributed by atoms with Crippen LogP contribution in [0.2, 0.25) is 0 Å². The van der Waals surface area contributed by atoms with Crippen LogP contribution in [-0.4, -0.2) is 34.9 Å². The fraction of sp³-hybridized carbons (Fsp3) is 0.833. The van der Waals surface area contributed by atoms with Gasteiger partial charge in [0.2, 0.25) is 0 Å². The number of halogens is 1. The highest BCUT2D eigenvalue weighted by Crippen LogP contribution is 1.97. The molecule has 0 radical (unpaired) electrons. The lowest BCUT2D eigenvalue weighted by Crippen LogP contribution is -2.45. The maximum absolute atomic E-state index is 10.0. The van der Waals surface area contributed by atoms with E-state index >= 15 is 0 Å². The Labute approximate surface area is 72.0 Å². The van der Waals surface area contributed by atoms with Crippen molar-refractivity contribution in [1.82, 2.24) is 5.32 Å². The van der Waals surface area contributed by atoms with Crippen LogP contribution < -0.4 is 5.32 Å². The van der Waals surface area contributed by atoms with Gasteiger partial charge in [-0.2, -0.15) is 0 Å². The van der Waals surface area contributed by atoms with E-state index in [1.807, 2.05) is 0 Å². The summed E-state index contributed by atoms with van der Waals surface area (Å²) < 4.78 is 0. The summed E-state index contributed by atoms with van der Waals surface area (Å²) in [5.41, 5.74) is -0.502. The van der Waals surface area contributed by atoms with Gasteiger partial charge in [-0.15, -0.1) is 12.4 Å². The van der Waals surface area contributed by atoms with Crippen molar-refractivity contribution < 1.29 is 15.0 Å². The van der Waals surface area contributed by atoms with Crippen LogP contribution in [0, 0.1) is 0 Å². The van der Waals surface area contributed by atoms with Crippen LogP contribution in [0.15, 0.2) is 0 Å². The second-order valence-electron chi connectivity index (χ2n) is 2.79. The zero-order valence-electron chi connectivity index (χ0n) is 6.63. The number of aliphatic carboxylic acids is 1. The Bertz CT molecular complexity index is 127. The molecule has 0 atom stereocenters. The summed E-state index contributed by atoms with van der Waals surface area (Å²) in [6.45, 7) is 3.28. The van der Waals surface area contributed by atoms with E-state index in [0.717, 1.165) is 0 Å². The van der Waals surface area contributed by atoms with Crippen LogP contribution in [0.3, 0.4) is 0 Å². The lowest BCUT2D eigenvalue weighted by molar-refractivity contribution is -0.136. The number of aliphatic hydroxyl groups excluding tert-OH is 1. The van der Waals surface area contributed by atoms with Gasteiger partial charge in [0.25, 0.3) is 0 Å². The Morgan fingerprint density at radius 1 is 1.55 bits per heavy atom. The minimum Gasteiger partial charge on any atom is -0.480 e. The first-order chi connectivity index (χ1) is 4.48. The number of rotatable bonds is 4. The van der Waals surface area contributed by atoms with Crippen molar-refractivity contribution in [2.24, 2.45) is 0 Å². The maximum atomic E-state index is 10.0. The Morgan fingerprint density at radius 2 is 2.00 bits per heavy atom. The highest BCUT2D eigenvalue weighted by atomic mass is 35.5. The molecule has 3 N–H and O–H groups in total. The van der Waals surface area contributed by atoms with E-state index < -0.39 is 11.5 Å². The van der Waals surface area contributed by atoms with Crippen molar-refractivity contribution in [1.29, 1.82) is 0 Å². The number of carboxylic acid groups (broad SMARTS) is 1. The summed E-state index contributed by atoms with van der Waals surface area (Å²) in [5, 5.41) is 19.5. The minimum atomic E-state index is -0.915. The summed E-state index contributed by atoms with van der Waals surface area (Å²) in [6.07, 6.45) is 0. The van der Waals surface area contributed by atoms with Gasteiger partial charge in [0.15, 0.2) is 0 Å². The van der Waals surface area contributed by atoms with Gasteiger partial charge in [0.05, 0.1) is 13.2 Å². The first-order valence-electron chi connectivity index (χ1n) is 3.05. The first-order valence-corrected chi connectivity index (χ1v) is 3.05. The molecule has 0 aromatic rings. The quantitative estimate of drug-likeness (QED) is 0.567. The van der Waals surface area contributed by atoms with Crippen molar-refractivity contribution in [2.45, 2.75) is 19.4 Å². The summed E-state index contributed by atoms with van der Waals surface area (Å²) in [5.74, 6) is -0.915. The van der Waals surface area contributed by atoms with E-state index in [1.165, 1.54) is 0 Å². The lowest BCUT2D eigenvalue weighted by Gasteiger charge is -2.21. The molecule has 0 spiro atoms. The van der Waals surface area contributed by atoms with Crippen LogP contribution in [-0.2, 0) is 4.79 Å². The number of hydrogen-bond acceptors (Lipinski definition) is 3. The number of carbonyl (C=O) groups is 1. The number of carboxylic acids is 1. The third-order valence-corrected chi connectivity index (χ3v) is 1.11. The topological polar surface area (TPSA) is 69.6 Å². The van der Waals surface area contributed by atoms with Gasteiger partial charge in [-0.25, -0.2) is 0 Å². The average molecular weight is 184 g/mol. The molecule has 0 bridgehead atoms. The van der Waals surface area contributed by atoms with Gasteiger partial charge in [-0.05, 0) is 13.8 Å². The Hall–Kier alpha value is -0.320. The van der Waals surface area contributed by atoms with Crippen molar-refractivity contribution in [2.75, 3.05) is 13.2 Å². The second-order valence-corrected chi connectivity index (χ2v) is 2.79. The SMILES string of the molecule is CC(C)(CO)NCC(=O)O.Cl. The van der Waals surface area contributed by atoms with Gasteiger partial charge in [0, 0.05) is 5.54 Å². The zero-order chi connectivity index (χ0) is 8.20. The molecule has 11 heavy (non-hydrogen) atoms. The molecule has 0 fully saturated rings. The molecule has 0 saturated carbocycles. The highest BCUT2D eigenvalue weighted by Gasteiger charge is 2.15. The summed E-state index contributed by atoms with van der Waals surface area (Å²) >= 11 is 0. The Kier molecular flexibility index (Phi) is 6.46. The van der Waals surface area contributed by atoms with E-state index in [0.29, 0.717) is 0 Å². The van der Waals surface area contributed by atoms with E-state index in [1.54, 1.807) is 13.8 Å². The molecular weight excluding hydrogens is 170 g/mol. The van der Waals surface area contributed by atoms with Crippen molar-refractivity contribution >= 4 is 18.4 Å². The third-order valence-electron chi connectivity index (χ3n) is 1.11. The van der Waals surface area contributed by atoms with Gasteiger partial charge >= 0.3 is 5.97 Å². The normalized spacial score (nSPS) is 10.5. The molecular formula is C6H14ClNO3. The fourth-order valence-electron chi connectivity index (χ4n) is 0.371. The summed E-state index contributed by atoms with van der Waals surface area (Å²) in [4.78, 5) is 10.0. The molecule has 0 aliphatic carbocycles. The molecule has 68 valence electrons. The van der Waals surface area contributed by atoms with Crippen molar-refractivity contribution in [3.63, 3.8) is 0 Å². The molecule has 0 aliphatic rings. The second kappa shape index (κ2) is 5.35. The first kappa shape index (κ1) is 13.3. The van der Waals surface area contributed by atoms with Crippen molar-refractivity contribution in [3.05, 3.63) is 0 Å². The third kappa shape index (κ3) is 7.58. The molecule has 0 saturated heterocycles. The highest BCUT2D eigenvalue weighted by molar-refractivity contribution is 5.85. The maximum Gasteiger partial charge on any atom is 0.317 e. The average Bonchev–Trinajstić information content (AvgIpc) is 1.85. The van der Waals surface area contributed by atoms with Crippen LogP contribution in [0.5, 0.6) is 0 Å². The van der Waals surface area contributed by atoms with Gasteiger partial charge in [-0.1, -0.05) is 0 Å². The van der Waals surface area contributed by atoms with Crippen LogP contribution >= 0.6 is 12.4 Å². The number of hydrogen-bond donors (Lipinski definition) is 3. The predicted molar refractivity (Wildman–Crippen MR) is 44.1 cm³/mol. The monoisotopic (exact) mass is 183 g/mol. The minimum absolute atomic E-state index is 0. The number of aliphatic hydroxyl groups is 1. The largest absolute Gasteiger partial charge is 0.480 e. The Balaban J connectivity index is 0. The smallest absolute Gasteiger partial charge is 0.317 e.